The maximum absolute atomic E-state index is 5.57. The van der Waals surface area contributed by atoms with Crippen molar-refractivity contribution < 1.29 is 9.47 Å². The van der Waals surface area contributed by atoms with E-state index in [0.29, 0.717) is 0 Å². The number of ether oxygens (including phenoxy) is 2. The molecule has 2 aliphatic rings. The molecule has 1 unspecified atom stereocenters. The van der Waals surface area contributed by atoms with Crippen LogP contribution in [0.2, 0.25) is 0 Å². The van der Waals surface area contributed by atoms with Gasteiger partial charge in [0.15, 0.2) is 5.96 Å². The Labute approximate surface area is 188 Å². The number of hydrogen-bond acceptors (Lipinski definition) is 5. The van der Waals surface area contributed by atoms with Gasteiger partial charge in [-0.25, -0.2) is 0 Å². The Kier molecular flexibility index (Phi) is 10.4. The van der Waals surface area contributed by atoms with Crippen molar-refractivity contribution in [2.45, 2.75) is 38.1 Å². The fourth-order valence-electron chi connectivity index (χ4n) is 4.46. The van der Waals surface area contributed by atoms with Crippen LogP contribution in [0.3, 0.4) is 0 Å². The molecule has 174 valence electrons. The maximum Gasteiger partial charge on any atom is 0.191 e. The molecule has 1 aromatic carbocycles. The number of benzene rings is 1. The first-order chi connectivity index (χ1) is 15.3. The first-order valence-corrected chi connectivity index (χ1v) is 11.9. The third-order valence-electron chi connectivity index (χ3n) is 6.32. The molecule has 0 spiro atoms. The molecule has 3 rings (SSSR count). The van der Waals surface area contributed by atoms with Crippen LogP contribution in [0, 0.1) is 0 Å². The Morgan fingerprint density at radius 1 is 1.03 bits per heavy atom. The molecule has 0 radical (unpaired) electrons. The number of guanidine groups is 1. The minimum absolute atomic E-state index is 0.269. The largest absolute Gasteiger partial charge is 0.497 e. The van der Waals surface area contributed by atoms with Gasteiger partial charge in [0.1, 0.15) is 5.75 Å². The number of nitrogens with one attached hydrogen (secondary N) is 2. The van der Waals surface area contributed by atoms with Gasteiger partial charge in [0.25, 0.3) is 0 Å². The maximum atomic E-state index is 5.57. The second kappa shape index (κ2) is 13.6. The highest BCUT2D eigenvalue weighted by atomic mass is 16.5. The molecule has 1 atom stereocenters. The molecule has 0 aromatic heterocycles. The first-order valence-electron chi connectivity index (χ1n) is 11.9. The van der Waals surface area contributed by atoms with Crippen molar-refractivity contribution >= 4 is 5.96 Å². The molecule has 7 nitrogen and oxygen atoms in total. The monoisotopic (exact) mass is 431 g/mol. The van der Waals surface area contributed by atoms with E-state index in [1.54, 1.807) is 7.11 Å². The molecule has 2 fully saturated rings. The Morgan fingerprint density at radius 2 is 1.74 bits per heavy atom. The summed E-state index contributed by atoms with van der Waals surface area (Å²) in [5.41, 5.74) is 1.28. The molecule has 2 saturated heterocycles. The Hall–Kier alpha value is -1.83. The molecule has 0 saturated carbocycles. The molecule has 0 aliphatic carbocycles. The number of aliphatic imine (C=N–C) groups is 1. The number of morpholine rings is 1. The highest BCUT2D eigenvalue weighted by molar-refractivity contribution is 5.79. The lowest BCUT2D eigenvalue weighted by atomic mass is 10.0. The van der Waals surface area contributed by atoms with Gasteiger partial charge >= 0.3 is 0 Å². The van der Waals surface area contributed by atoms with Gasteiger partial charge in [-0.05, 0) is 56.6 Å². The lowest BCUT2D eigenvalue weighted by Gasteiger charge is -2.35. The van der Waals surface area contributed by atoms with E-state index < -0.39 is 0 Å². The van der Waals surface area contributed by atoms with Crippen LogP contribution in [0.25, 0.3) is 0 Å². The quantitative estimate of drug-likeness (QED) is 0.356. The predicted octanol–water partition coefficient (Wildman–Crippen LogP) is 2.50. The predicted molar refractivity (Wildman–Crippen MR) is 127 cm³/mol. The van der Waals surface area contributed by atoms with E-state index >= 15 is 0 Å². The molecule has 0 bridgehead atoms. The van der Waals surface area contributed by atoms with Gasteiger partial charge in [0.2, 0.25) is 0 Å². The van der Waals surface area contributed by atoms with Crippen molar-refractivity contribution in [1.29, 1.82) is 0 Å². The lowest BCUT2D eigenvalue weighted by molar-refractivity contribution is 0.0170. The normalized spacial score (nSPS) is 20.1. The summed E-state index contributed by atoms with van der Waals surface area (Å²) in [5, 5.41) is 7.06. The summed E-state index contributed by atoms with van der Waals surface area (Å²) in [4.78, 5) is 9.55. The van der Waals surface area contributed by atoms with E-state index in [4.69, 9.17) is 9.47 Å². The smallest absolute Gasteiger partial charge is 0.191 e. The van der Waals surface area contributed by atoms with Crippen molar-refractivity contribution in [3.05, 3.63) is 29.8 Å². The number of likely N-dealkylation sites (tertiary alicyclic amines) is 1. The van der Waals surface area contributed by atoms with Gasteiger partial charge < -0.3 is 25.0 Å². The van der Waals surface area contributed by atoms with E-state index in [-0.39, 0.29) is 6.04 Å². The fourth-order valence-corrected chi connectivity index (χ4v) is 4.46. The minimum atomic E-state index is 0.269. The van der Waals surface area contributed by atoms with Crippen molar-refractivity contribution in [2.75, 3.05) is 73.2 Å². The molecular weight excluding hydrogens is 390 g/mol. The topological polar surface area (TPSA) is 61.4 Å². The van der Waals surface area contributed by atoms with Crippen LogP contribution in [0.5, 0.6) is 5.75 Å². The van der Waals surface area contributed by atoms with Crippen molar-refractivity contribution in [2.24, 2.45) is 4.99 Å². The van der Waals surface area contributed by atoms with Crippen molar-refractivity contribution in [3.8, 4) is 5.75 Å². The van der Waals surface area contributed by atoms with E-state index in [2.05, 4.69) is 37.6 Å². The number of hydrogen-bond donors (Lipinski definition) is 2. The molecule has 2 N–H and O–H groups in total. The molecule has 0 amide bonds. The van der Waals surface area contributed by atoms with Crippen LogP contribution in [0.1, 0.15) is 43.7 Å². The van der Waals surface area contributed by atoms with Crippen molar-refractivity contribution in [1.82, 2.24) is 20.4 Å². The summed E-state index contributed by atoms with van der Waals surface area (Å²) in [6, 6.07) is 8.68. The number of nitrogens with zero attached hydrogens (tertiary/aromatic N) is 3. The summed E-state index contributed by atoms with van der Waals surface area (Å²) in [6.07, 6.45) is 6.63. The standard InChI is InChI=1S/C24H41N5O2/c1-25-24(26-12-7-15-28-13-5-3-4-6-14-28)27-20-23(29-16-18-31-19-17-29)21-8-10-22(30-2)11-9-21/h8-11,23H,3-7,12-20H2,1-2H3,(H2,25,26,27). The summed E-state index contributed by atoms with van der Waals surface area (Å²) in [7, 11) is 3.56. The van der Waals surface area contributed by atoms with Crippen LogP contribution in [-0.4, -0.2) is 88.9 Å². The van der Waals surface area contributed by atoms with Gasteiger partial charge in [-0.15, -0.1) is 0 Å². The zero-order valence-corrected chi connectivity index (χ0v) is 19.4. The molecule has 2 heterocycles. The van der Waals surface area contributed by atoms with Crippen LogP contribution in [-0.2, 0) is 4.74 Å². The zero-order valence-electron chi connectivity index (χ0n) is 19.4. The number of rotatable bonds is 9. The average molecular weight is 432 g/mol. The Balaban J connectivity index is 1.48. The van der Waals surface area contributed by atoms with Gasteiger partial charge in [0.05, 0.1) is 26.4 Å². The molecular formula is C24H41N5O2. The minimum Gasteiger partial charge on any atom is -0.497 e. The average Bonchev–Trinajstić information content (AvgIpc) is 3.10. The van der Waals surface area contributed by atoms with Crippen molar-refractivity contribution in [3.63, 3.8) is 0 Å². The molecule has 7 heteroatoms. The Bertz CT molecular complexity index is 638. The van der Waals surface area contributed by atoms with Crippen LogP contribution in [0.4, 0.5) is 0 Å². The van der Waals surface area contributed by atoms with Gasteiger partial charge in [-0.1, -0.05) is 25.0 Å². The van der Waals surface area contributed by atoms with Gasteiger partial charge in [0, 0.05) is 33.2 Å². The highest BCUT2D eigenvalue weighted by Gasteiger charge is 2.23. The second-order valence-corrected chi connectivity index (χ2v) is 8.43. The van der Waals surface area contributed by atoms with Gasteiger partial charge in [-0.3, -0.25) is 9.89 Å². The SMILES string of the molecule is CN=C(NCCCN1CCCCCC1)NCC(c1ccc(OC)cc1)N1CCOCC1. The second-order valence-electron chi connectivity index (χ2n) is 8.43. The summed E-state index contributed by atoms with van der Waals surface area (Å²) in [6.45, 7) is 8.91. The molecule has 2 aliphatic heterocycles. The van der Waals surface area contributed by atoms with Crippen LogP contribution >= 0.6 is 0 Å². The lowest BCUT2D eigenvalue weighted by Crippen LogP contribution is -2.46. The molecule has 31 heavy (non-hydrogen) atoms. The van der Waals surface area contributed by atoms with Gasteiger partial charge in [-0.2, -0.15) is 0 Å². The van der Waals surface area contributed by atoms with Crippen LogP contribution in [0.15, 0.2) is 29.3 Å². The van der Waals surface area contributed by atoms with E-state index in [9.17, 15) is 0 Å². The summed E-state index contributed by atoms with van der Waals surface area (Å²) < 4.78 is 10.9. The zero-order chi connectivity index (χ0) is 21.7. The third kappa shape index (κ3) is 7.98. The Morgan fingerprint density at radius 3 is 2.39 bits per heavy atom. The fraction of sp³-hybridized carbons (Fsp3) is 0.708. The third-order valence-corrected chi connectivity index (χ3v) is 6.32. The summed E-state index contributed by atoms with van der Waals surface area (Å²) in [5.74, 6) is 1.77. The van der Waals surface area contributed by atoms with Crippen LogP contribution < -0.4 is 15.4 Å². The number of methoxy groups -OCH3 is 1. The molecule has 1 aromatic rings. The first kappa shape index (κ1) is 23.8. The highest BCUT2D eigenvalue weighted by Crippen LogP contribution is 2.23. The van der Waals surface area contributed by atoms with E-state index in [1.165, 1.54) is 50.9 Å². The van der Waals surface area contributed by atoms with E-state index in [0.717, 1.165) is 57.5 Å². The summed E-state index contributed by atoms with van der Waals surface area (Å²) >= 11 is 0. The van der Waals surface area contributed by atoms with E-state index in [1.807, 2.05) is 19.2 Å².